The normalized spacial score (nSPS) is 31.1. The van der Waals surface area contributed by atoms with Crippen LogP contribution in [-0.4, -0.2) is 54.6 Å². The van der Waals surface area contributed by atoms with Gasteiger partial charge in [-0.1, -0.05) is 0 Å². The summed E-state index contributed by atoms with van der Waals surface area (Å²) in [4.78, 5) is 16.9. The summed E-state index contributed by atoms with van der Waals surface area (Å²) in [5.74, 6) is 0.392. The summed E-state index contributed by atoms with van der Waals surface area (Å²) >= 11 is 0. The van der Waals surface area contributed by atoms with Crippen LogP contribution < -0.4 is 0 Å². The third-order valence-electron chi connectivity index (χ3n) is 5.53. The molecule has 3 aliphatic rings. The van der Waals surface area contributed by atoms with E-state index in [4.69, 9.17) is 0 Å². The highest BCUT2D eigenvalue weighted by Gasteiger charge is 2.45. The molecular weight excluding hydrogens is 267 g/mol. The molecule has 0 bridgehead atoms. The second-order valence-corrected chi connectivity index (χ2v) is 7.38. The Labute approximate surface area is 127 Å². The monoisotopic (exact) mass is 296 g/mol. The predicted octanol–water partition coefficient (Wildman–Crippen LogP) is 2.99. The number of hydrogen-bond donors (Lipinski definition) is 0. The minimum Gasteiger partial charge on any atom is -0.339 e. The number of unbranched alkanes of at least 4 members (excludes halogenated alkanes) is 2. The molecule has 0 N–H and O–H groups in total. The van der Waals surface area contributed by atoms with Gasteiger partial charge in [-0.15, -0.1) is 0 Å². The van der Waals surface area contributed by atoms with E-state index in [0.717, 1.165) is 45.3 Å². The van der Waals surface area contributed by atoms with Gasteiger partial charge in [-0.3, -0.25) is 9.18 Å². The summed E-state index contributed by atoms with van der Waals surface area (Å²) in [5.41, 5.74) is 0.356. The van der Waals surface area contributed by atoms with E-state index in [1.807, 2.05) is 0 Å². The zero-order valence-corrected chi connectivity index (χ0v) is 13.2. The predicted molar refractivity (Wildman–Crippen MR) is 81.9 cm³/mol. The molecule has 0 aromatic carbocycles. The molecule has 0 aromatic heterocycles. The van der Waals surface area contributed by atoms with Crippen molar-refractivity contribution in [3.05, 3.63) is 0 Å². The van der Waals surface area contributed by atoms with Gasteiger partial charge in [-0.2, -0.15) is 0 Å². The fourth-order valence-electron chi connectivity index (χ4n) is 4.20. The first-order valence-electron chi connectivity index (χ1n) is 8.80. The van der Waals surface area contributed by atoms with Gasteiger partial charge < -0.3 is 9.80 Å². The van der Waals surface area contributed by atoms with E-state index in [9.17, 15) is 9.18 Å². The van der Waals surface area contributed by atoms with Crippen molar-refractivity contribution >= 4 is 5.91 Å². The second kappa shape index (κ2) is 6.64. The van der Waals surface area contributed by atoms with Crippen LogP contribution in [0.3, 0.4) is 0 Å². The lowest BCUT2D eigenvalue weighted by molar-refractivity contribution is -0.140. The molecule has 2 saturated heterocycles. The highest BCUT2D eigenvalue weighted by Crippen LogP contribution is 2.42. The molecular formula is C17H29FN2O. The SMILES string of the molecule is O=C1CC[C@]2(CCCN(CCCCCF)C2)CN1C1CC1. The van der Waals surface area contributed by atoms with Crippen molar-refractivity contribution in [1.29, 1.82) is 0 Å². The zero-order chi connectivity index (χ0) is 14.7. The summed E-state index contributed by atoms with van der Waals surface area (Å²) in [6.07, 6.45) is 9.65. The van der Waals surface area contributed by atoms with E-state index in [1.54, 1.807) is 0 Å². The first-order chi connectivity index (χ1) is 10.2. The fraction of sp³-hybridized carbons (Fsp3) is 0.941. The van der Waals surface area contributed by atoms with Crippen molar-refractivity contribution in [1.82, 2.24) is 9.80 Å². The standard InChI is InChI=1S/C17H29FN2O/c18-10-2-1-3-11-19-12-4-8-17(13-19)9-7-16(21)20(14-17)15-5-6-15/h15H,1-14H2/t17-/m0/s1. The fourth-order valence-corrected chi connectivity index (χ4v) is 4.20. The Balaban J connectivity index is 1.53. The van der Waals surface area contributed by atoms with Crippen LogP contribution in [-0.2, 0) is 4.79 Å². The molecule has 3 rings (SSSR count). The lowest BCUT2D eigenvalue weighted by atomic mass is 9.73. The van der Waals surface area contributed by atoms with Gasteiger partial charge in [0.15, 0.2) is 0 Å². The van der Waals surface area contributed by atoms with E-state index < -0.39 is 0 Å². The number of halogens is 1. The molecule has 0 aromatic rings. The maximum atomic E-state index is 12.2. The molecule has 120 valence electrons. The van der Waals surface area contributed by atoms with Crippen LogP contribution in [0.4, 0.5) is 4.39 Å². The number of hydrogen-bond acceptors (Lipinski definition) is 2. The van der Waals surface area contributed by atoms with Crippen molar-refractivity contribution in [3.8, 4) is 0 Å². The quantitative estimate of drug-likeness (QED) is 0.704. The smallest absolute Gasteiger partial charge is 0.222 e. The Morgan fingerprint density at radius 1 is 1.14 bits per heavy atom. The molecule has 1 amide bonds. The van der Waals surface area contributed by atoms with Crippen LogP contribution in [0, 0.1) is 5.41 Å². The van der Waals surface area contributed by atoms with Gasteiger partial charge >= 0.3 is 0 Å². The number of alkyl halides is 1. The van der Waals surface area contributed by atoms with Gasteiger partial charge in [0.1, 0.15) is 0 Å². The maximum absolute atomic E-state index is 12.2. The summed E-state index contributed by atoms with van der Waals surface area (Å²) in [6, 6.07) is 0.564. The number of piperidine rings is 2. The van der Waals surface area contributed by atoms with Gasteiger partial charge in [0.2, 0.25) is 5.91 Å². The molecule has 21 heavy (non-hydrogen) atoms. The highest BCUT2D eigenvalue weighted by molar-refractivity contribution is 5.77. The van der Waals surface area contributed by atoms with Crippen LogP contribution >= 0.6 is 0 Å². The first-order valence-corrected chi connectivity index (χ1v) is 8.80. The van der Waals surface area contributed by atoms with Gasteiger partial charge in [-0.25, -0.2) is 0 Å². The number of amides is 1. The first kappa shape index (κ1) is 15.3. The molecule has 0 unspecified atom stereocenters. The number of carbonyl (C=O) groups is 1. The molecule has 3 nitrogen and oxygen atoms in total. The van der Waals surface area contributed by atoms with Crippen molar-refractivity contribution in [2.45, 2.75) is 63.8 Å². The Hall–Kier alpha value is -0.640. The number of carbonyl (C=O) groups excluding carboxylic acids is 1. The van der Waals surface area contributed by atoms with Crippen molar-refractivity contribution in [3.63, 3.8) is 0 Å². The molecule has 1 atom stereocenters. The van der Waals surface area contributed by atoms with Crippen LogP contribution in [0.1, 0.15) is 57.8 Å². The van der Waals surface area contributed by atoms with Crippen molar-refractivity contribution < 1.29 is 9.18 Å². The van der Waals surface area contributed by atoms with E-state index in [0.29, 0.717) is 23.8 Å². The summed E-state index contributed by atoms with van der Waals surface area (Å²) in [6.45, 7) is 4.27. The van der Waals surface area contributed by atoms with E-state index in [1.165, 1.54) is 32.2 Å². The lowest BCUT2D eigenvalue weighted by Crippen LogP contribution is -2.54. The highest BCUT2D eigenvalue weighted by atomic mass is 19.1. The Morgan fingerprint density at radius 2 is 2.00 bits per heavy atom. The van der Waals surface area contributed by atoms with Gasteiger partial charge in [0, 0.05) is 31.0 Å². The van der Waals surface area contributed by atoms with Crippen molar-refractivity contribution in [2.75, 3.05) is 32.9 Å². The van der Waals surface area contributed by atoms with Crippen LogP contribution in [0.5, 0.6) is 0 Å². The molecule has 2 aliphatic heterocycles. The van der Waals surface area contributed by atoms with Gasteiger partial charge in [-0.05, 0) is 64.5 Å². The average Bonchev–Trinajstić information content (AvgIpc) is 3.32. The molecule has 1 saturated carbocycles. The molecule has 0 radical (unpaired) electrons. The Morgan fingerprint density at radius 3 is 2.76 bits per heavy atom. The minimum atomic E-state index is -0.178. The molecule has 1 spiro atoms. The minimum absolute atomic E-state index is 0.178. The number of nitrogens with zero attached hydrogens (tertiary/aromatic N) is 2. The van der Waals surface area contributed by atoms with Crippen LogP contribution in [0.25, 0.3) is 0 Å². The summed E-state index contributed by atoms with van der Waals surface area (Å²) < 4.78 is 12.2. The van der Waals surface area contributed by atoms with E-state index >= 15 is 0 Å². The molecule has 1 aliphatic carbocycles. The van der Waals surface area contributed by atoms with Crippen molar-refractivity contribution in [2.24, 2.45) is 5.41 Å². The molecule has 4 heteroatoms. The lowest BCUT2D eigenvalue weighted by Gasteiger charge is -2.48. The maximum Gasteiger partial charge on any atom is 0.222 e. The van der Waals surface area contributed by atoms with Gasteiger partial charge in [0.05, 0.1) is 6.67 Å². The van der Waals surface area contributed by atoms with E-state index in [-0.39, 0.29) is 6.67 Å². The molecule has 3 fully saturated rings. The zero-order valence-electron chi connectivity index (χ0n) is 13.2. The van der Waals surface area contributed by atoms with Gasteiger partial charge in [0.25, 0.3) is 0 Å². The molecule has 2 heterocycles. The number of rotatable bonds is 6. The summed E-state index contributed by atoms with van der Waals surface area (Å²) in [7, 11) is 0. The Bertz CT molecular complexity index is 372. The van der Waals surface area contributed by atoms with E-state index in [2.05, 4.69) is 9.80 Å². The van der Waals surface area contributed by atoms with Crippen LogP contribution in [0.15, 0.2) is 0 Å². The largest absolute Gasteiger partial charge is 0.339 e. The topological polar surface area (TPSA) is 23.6 Å². The third-order valence-corrected chi connectivity index (χ3v) is 5.53. The third kappa shape index (κ3) is 3.77. The Kier molecular flexibility index (Phi) is 4.82. The summed E-state index contributed by atoms with van der Waals surface area (Å²) in [5, 5.41) is 0. The second-order valence-electron chi connectivity index (χ2n) is 7.38. The van der Waals surface area contributed by atoms with Crippen LogP contribution in [0.2, 0.25) is 0 Å². The number of likely N-dealkylation sites (tertiary alicyclic amines) is 2. The average molecular weight is 296 g/mol.